The van der Waals surface area contributed by atoms with Crippen LogP contribution in [-0.4, -0.2) is 58.5 Å². The Labute approximate surface area is 141 Å². The van der Waals surface area contributed by atoms with Crippen molar-refractivity contribution in [3.05, 3.63) is 27.8 Å². The zero-order valence-electron chi connectivity index (χ0n) is 11.8. The molecule has 1 aliphatic heterocycles. The van der Waals surface area contributed by atoms with Gasteiger partial charge < -0.3 is 30.1 Å². The summed E-state index contributed by atoms with van der Waals surface area (Å²) >= 11 is 2.15. The molecule has 1 heterocycles. The van der Waals surface area contributed by atoms with Gasteiger partial charge in [0.1, 0.15) is 30.1 Å². The van der Waals surface area contributed by atoms with Gasteiger partial charge in [0.25, 0.3) is 0 Å². The summed E-state index contributed by atoms with van der Waals surface area (Å²) in [5.74, 6) is 0.0968. The number of hydrogen-bond donors (Lipinski definition) is 4. The lowest BCUT2D eigenvalue weighted by Crippen LogP contribution is -2.65. The van der Waals surface area contributed by atoms with E-state index in [1.54, 1.807) is 12.1 Å². The average molecular weight is 423 g/mol. The van der Waals surface area contributed by atoms with Crippen LogP contribution in [0.2, 0.25) is 0 Å². The molecule has 4 N–H and O–H groups in total. The molecule has 0 bridgehead atoms. The first-order valence-corrected chi connectivity index (χ1v) is 7.82. The molecule has 1 amide bonds. The van der Waals surface area contributed by atoms with E-state index in [1.807, 2.05) is 12.1 Å². The highest BCUT2D eigenvalue weighted by molar-refractivity contribution is 14.1. The molecular formula is C14H18INO6. The van der Waals surface area contributed by atoms with E-state index in [0.29, 0.717) is 5.75 Å². The molecule has 1 fully saturated rings. The molecule has 0 aromatic heterocycles. The molecule has 7 nitrogen and oxygen atoms in total. The van der Waals surface area contributed by atoms with E-state index in [1.165, 1.54) is 6.92 Å². The van der Waals surface area contributed by atoms with Crippen molar-refractivity contribution in [2.24, 2.45) is 0 Å². The minimum Gasteiger partial charge on any atom is -0.463 e. The third-order valence-electron chi connectivity index (χ3n) is 3.32. The standard InChI is InChI=1S/C14H18INO6/c1-7(18)16-11-13(20)12(19)10(6-17)22-14(11)21-9-4-2-8(15)3-5-9/h2-5,10-14,17,19-20H,6H2,1H3,(H,16,18)/t10-,11+,12+,13+,14-/m1/s1. The van der Waals surface area contributed by atoms with Crippen molar-refractivity contribution in [2.75, 3.05) is 6.61 Å². The predicted molar refractivity (Wildman–Crippen MR) is 85.2 cm³/mol. The first-order chi connectivity index (χ1) is 10.4. The molecule has 1 aromatic rings. The fraction of sp³-hybridized carbons (Fsp3) is 0.500. The zero-order valence-corrected chi connectivity index (χ0v) is 14.0. The highest BCUT2D eigenvalue weighted by Gasteiger charge is 2.46. The van der Waals surface area contributed by atoms with Crippen molar-refractivity contribution in [1.82, 2.24) is 5.32 Å². The van der Waals surface area contributed by atoms with Crippen molar-refractivity contribution in [2.45, 2.75) is 37.6 Å². The predicted octanol–water partition coefficient (Wildman–Crippen LogP) is -0.386. The Balaban J connectivity index is 2.18. The number of aliphatic hydroxyl groups excluding tert-OH is 3. The number of ether oxygens (including phenoxy) is 2. The summed E-state index contributed by atoms with van der Waals surface area (Å²) < 4.78 is 12.1. The first-order valence-electron chi connectivity index (χ1n) is 6.74. The van der Waals surface area contributed by atoms with Crippen molar-refractivity contribution < 1.29 is 29.6 Å². The van der Waals surface area contributed by atoms with Crippen LogP contribution >= 0.6 is 22.6 Å². The van der Waals surface area contributed by atoms with Crippen LogP contribution < -0.4 is 10.1 Å². The molecule has 5 atom stereocenters. The van der Waals surface area contributed by atoms with Crippen LogP contribution in [0.4, 0.5) is 0 Å². The maximum absolute atomic E-state index is 11.3. The van der Waals surface area contributed by atoms with E-state index >= 15 is 0 Å². The topological polar surface area (TPSA) is 108 Å². The van der Waals surface area contributed by atoms with Crippen molar-refractivity contribution in [1.29, 1.82) is 0 Å². The lowest BCUT2D eigenvalue weighted by molar-refractivity contribution is -0.244. The molecule has 1 aromatic carbocycles. The lowest BCUT2D eigenvalue weighted by atomic mass is 9.97. The van der Waals surface area contributed by atoms with Crippen LogP contribution in [0.1, 0.15) is 6.92 Å². The SMILES string of the molecule is CC(=O)N[C@@H]1[C@H](Oc2ccc(I)cc2)O[C@H](CO)[C@H](O)[C@H]1O. The number of rotatable bonds is 4. The Morgan fingerprint density at radius 3 is 2.50 bits per heavy atom. The molecule has 22 heavy (non-hydrogen) atoms. The van der Waals surface area contributed by atoms with Gasteiger partial charge in [-0.2, -0.15) is 0 Å². The number of hydrogen-bond acceptors (Lipinski definition) is 6. The summed E-state index contributed by atoms with van der Waals surface area (Å²) in [6.07, 6.45) is -4.66. The number of halogens is 1. The van der Waals surface area contributed by atoms with Crippen LogP contribution in [0.15, 0.2) is 24.3 Å². The van der Waals surface area contributed by atoms with Gasteiger partial charge in [-0.3, -0.25) is 4.79 Å². The Morgan fingerprint density at radius 2 is 1.95 bits per heavy atom. The van der Waals surface area contributed by atoms with Crippen LogP contribution in [0, 0.1) is 3.57 Å². The Kier molecular flexibility index (Phi) is 5.98. The number of carbonyl (C=O) groups excluding carboxylic acids is 1. The fourth-order valence-corrected chi connectivity index (χ4v) is 2.58. The van der Waals surface area contributed by atoms with Gasteiger partial charge in [0.05, 0.1) is 6.61 Å². The first kappa shape index (κ1) is 17.4. The molecule has 122 valence electrons. The molecular weight excluding hydrogens is 405 g/mol. The van der Waals surface area contributed by atoms with E-state index in [-0.39, 0.29) is 0 Å². The summed E-state index contributed by atoms with van der Waals surface area (Å²) in [4.78, 5) is 11.3. The lowest BCUT2D eigenvalue weighted by Gasteiger charge is -2.42. The van der Waals surface area contributed by atoms with Gasteiger partial charge in [-0.1, -0.05) is 0 Å². The van der Waals surface area contributed by atoms with Gasteiger partial charge in [0, 0.05) is 10.5 Å². The molecule has 2 rings (SSSR count). The van der Waals surface area contributed by atoms with E-state index in [2.05, 4.69) is 27.9 Å². The van der Waals surface area contributed by atoms with Crippen LogP contribution in [0.3, 0.4) is 0 Å². The molecule has 0 unspecified atom stereocenters. The Morgan fingerprint density at radius 1 is 1.32 bits per heavy atom. The Bertz CT molecular complexity index is 511. The second kappa shape index (κ2) is 7.55. The van der Waals surface area contributed by atoms with E-state index < -0.39 is 43.2 Å². The maximum atomic E-state index is 11.3. The normalized spacial score (nSPS) is 31.6. The molecule has 8 heteroatoms. The Hall–Kier alpha value is -0.940. The minimum absolute atomic E-state index is 0.390. The average Bonchev–Trinajstić information content (AvgIpc) is 2.48. The van der Waals surface area contributed by atoms with Crippen LogP contribution in [0.5, 0.6) is 5.75 Å². The van der Waals surface area contributed by atoms with Gasteiger partial charge in [0.15, 0.2) is 0 Å². The number of aliphatic hydroxyl groups is 3. The van der Waals surface area contributed by atoms with Gasteiger partial charge in [0.2, 0.25) is 12.2 Å². The molecule has 1 saturated heterocycles. The quantitative estimate of drug-likeness (QED) is 0.492. The van der Waals surface area contributed by atoms with Gasteiger partial charge in [-0.25, -0.2) is 0 Å². The third kappa shape index (κ3) is 4.07. The van der Waals surface area contributed by atoms with Crippen molar-refractivity contribution in [3.8, 4) is 5.75 Å². The van der Waals surface area contributed by atoms with Crippen LogP contribution in [0.25, 0.3) is 0 Å². The summed E-state index contributed by atoms with van der Waals surface area (Å²) in [5, 5.41) is 31.8. The summed E-state index contributed by atoms with van der Waals surface area (Å²) in [5.41, 5.74) is 0. The molecule has 0 radical (unpaired) electrons. The second-order valence-electron chi connectivity index (χ2n) is 5.00. The highest BCUT2D eigenvalue weighted by Crippen LogP contribution is 2.24. The van der Waals surface area contributed by atoms with E-state index in [9.17, 15) is 20.1 Å². The molecule has 0 saturated carbocycles. The second-order valence-corrected chi connectivity index (χ2v) is 6.25. The minimum atomic E-state index is -1.32. The van der Waals surface area contributed by atoms with Gasteiger partial charge in [-0.05, 0) is 46.9 Å². The molecule has 0 aliphatic carbocycles. The van der Waals surface area contributed by atoms with E-state index in [0.717, 1.165) is 3.57 Å². The zero-order chi connectivity index (χ0) is 16.3. The third-order valence-corrected chi connectivity index (χ3v) is 4.04. The number of carbonyl (C=O) groups is 1. The van der Waals surface area contributed by atoms with Crippen LogP contribution in [-0.2, 0) is 9.53 Å². The summed E-state index contributed by atoms with van der Waals surface area (Å²) in [6, 6.07) is 6.17. The van der Waals surface area contributed by atoms with Crippen molar-refractivity contribution >= 4 is 28.5 Å². The van der Waals surface area contributed by atoms with Gasteiger partial charge >= 0.3 is 0 Å². The van der Waals surface area contributed by atoms with Gasteiger partial charge in [-0.15, -0.1) is 0 Å². The smallest absolute Gasteiger partial charge is 0.223 e. The monoisotopic (exact) mass is 423 g/mol. The largest absolute Gasteiger partial charge is 0.463 e. The summed E-state index contributed by atoms with van der Waals surface area (Å²) in [7, 11) is 0. The summed E-state index contributed by atoms with van der Waals surface area (Å²) in [6.45, 7) is 0.816. The highest BCUT2D eigenvalue weighted by atomic mass is 127. The van der Waals surface area contributed by atoms with Crippen molar-refractivity contribution in [3.63, 3.8) is 0 Å². The fourth-order valence-electron chi connectivity index (χ4n) is 2.22. The number of benzene rings is 1. The molecule has 1 aliphatic rings. The molecule has 0 spiro atoms. The van der Waals surface area contributed by atoms with E-state index in [4.69, 9.17) is 9.47 Å². The maximum Gasteiger partial charge on any atom is 0.223 e. The number of nitrogens with one attached hydrogen (secondary N) is 1. The number of amides is 1.